The Kier molecular flexibility index (Phi) is 4.64. The molecule has 0 N–H and O–H groups in total. The Labute approximate surface area is 95.6 Å². The van der Waals surface area contributed by atoms with Crippen LogP contribution < -0.4 is 0 Å². The van der Waals surface area contributed by atoms with E-state index < -0.39 is 0 Å². The SMILES string of the molecule is CCC(C)OC1(C)CCC(C(C)C)CC1. The lowest BCUT2D eigenvalue weighted by Gasteiger charge is -2.40. The van der Waals surface area contributed by atoms with E-state index in [-0.39, 0.29) is 5.60 Å². The summed E-state index contributed by atoms with van der Waals surface area (Å²) < 4.78 is 6.16. The highest BCUT2D eigenvalue weighted by molar-refractivity contribution is 4.85. The van der Waals surface area contributed by atoms with Gasteiger partial charge >= 0.3 is 0 Å². The van der Waals surface area contributed by atoms with Crippen LogP contribution in [0.15, 0.2) is 0 Å². The Balaban J connectivity index is 2.40. The Morgan fingerprint density at radius 2 is 1.73 bits per heavy atom. The molecule has 1 fully saturated rings. The van der Waals surface area contributed by atoms with Crippen LogP contribution in [0.5, 0.6) is 0 Å². The molecule has 1 saturated carbocycles. The molecule has 0 aromatic heterocycles. The van der Waals surface area contributed by atoms with Gasteiger partial charge in [0, 0.05) is 0 Å². The summed E-state index contributed by atoms with van der Waals surface area (Å²) in [7, 11) is 0. The average molecular weight is 212 g/mol. The quantitative estimate of drug-likeness (QED) is 0.671. The molecule has 0 aromatic carbocycles. The van der Waals surface area contributed by atoms with E-state index in [9.17, 15) is 0 Å². The van der Waals surface area contributed by atoms with Gasteiger partial charge in [-0.2, -0.15) is 0 Å². The Morgan fingerprint density at radius 3 is 2.13 bits per heavy atom. The third kappa shape index (κ3) is 3.79. The van der Waals surface area contributed by atoms with Gasteiger partial charge in [-0.05, 0) is 57.8 Å². The minimum absolute atomic E-state index is 0.167. The third-order valence-electron chi connectivity index (χ3n) is 4.09. The van der Waals surface area contributed by atoms with Crippen LogP contribution in [-0.4, -0.2) is 11.7 Å². The first-order valence-corrected chi connectivity index (χ1v) is 6.64. The molecule has 0 bridgehead atoms. The van der Waals surface area contributed by atoms with Crippen LogP contribution >= 0.6 is 0 Å². The molecule has 0 aromatic rings. The topological polar surface area (TPSA) is 9.23 Å². The molecule has 0 heterocycles. The zero-order chi connectivity index (χ0) is 11.5. The highest BCUT2D eigenvalue weighted by atomic mass is 16.5. The van der Waals surface area contributed by atoms with Gasteiger partial charge in [0.25, 0.3) is 0 Å². The average Bonchev–Trinajstić information content (AvgIpc) is 2.17. The van der Waals surface area contributed by atoms with Gasteiger partial charge in [0.05, 0.1) is 11.7 Å². The lowest BCUT2D eigenvalue weighted by Crippen LogP contribution is -2.37. The molecule has 1 rings (SSSR count). The summed E-state index contributed by atoms with van der Waals surface area (Å²) in [5.74, 6) is 1.77. The first kappa shape index (κ1) is 13.0. The van der Waals surface area contributed by atoms with Crippen LogP contribution in [0.1, 0.15) is 66.7 Å². The second kappa shape index (κ2) is 5.34. The van der Waals surface area contributed by atoms with Crippen molar-refractivity contribution in [2.75, 3.05) is 0 Å². The summed E-state index contributed by atoms with van der Waals surface area (Å²) in [6, 6.07) is 0. The van der Waals surface area contributed by atoms with Crippen molar-refractivity contribution in [3.63, 3.8) is 0 Å². The summed E-state index contributed by atoms with van der Waals surface area (Å²) >= 11 is 0. The van der Waals surface area contributed by atoms with Gasteiger partial charge in [-0.3, -0.25) is 0 Å². The molecule has 1 heteroatoms. The Bertz CT molecular complexity index is 178. The van der Waals surface area contributed by atoms with E-state index in [2.05, 4.69) is 34.6 Å². The monoisotopic (exact) mass is 212 g/mol. The van der Waals surface area contributed by atoms with Crippen molar-refractivity contribution >= 4 is 0 Å². The molecular weight excluding hydrogens is 184 g/mol. The summed E-state index contributed by atoms with van der Waals surface area (Å²) in [6.07, 6.45) is 6.75. The van der Waals surface area contributed by atoms with E-state index >= 15 is 0 Å². The molecular formula is C14H28O. The fourth-order valence-electron chi connectivity index (χ4n) is 2.60. The van der Waals surface area contributed by atoms with Crippen molar-refractivity contribution in [1.29, 1.82) is 0 Å². The van der Waals surface area contributed by atoms with Crippen LogP contribution in [0, 0.1) is 11.8 Å². The smallest absolute Gasteiger partial charge is 0.0658 e. The summed E-state index contributed by atoms with van der Waals surface area (Å²) in [6.45, 7) is 11.4. The molecule has 0 saturated heterocycles. The molecule has 0 aliphatic heterocycles. The predicted octanol–water partition coefficient (Wildman–Crippen LogP) is 4.41. The van der Waals surface area contributed by atoms with Gasteiger partial charge < -0.3 is 4.74 Å². The zero-order valence-electron chi connectivity index (χ0n) is 11.2. The van der Waals surface area contributed by atoms with Crippen LogP contribution in [-0.2, 0) is 4.74 Å². The standard InChI is InChI=1S/C14H28O/c1-6-12(4)15-14(5)9-7-13(8-10-14)11(2)3/h11-13H,6-10H2,1-5H3. The van der Waals surface area contributed by atoms with Gasteiger partial charge in [-0.15, -0.1) is 0 Å². The second-order valence-electron chi connectivity index (χ2n) is 5.87. The van der Waals surface area contributed by atoms with E-state index in [0.29, 0.717) is 6.10 Å². The van der Waals surface area contributed by atoms with E-state index in [1.54, 1.807) is 0 Å². The lowest BCUT2D eigenvalue weighted by atomic mass is 9.75. The van der Waals surface area contributed by atoms with Crippen molar-refractivity contribution in [3.8, 4) is 0 Å². The van der Waals surface area contributed by atoms with Gasteiger partial charge in [-0.25, -0.2) is 0 Å². The van der Waals surface area contributed by atoms with Crippen molar-refractivity contribution in [2.24, 2.45) is 11.8 Å². The highest BCUT2D eigenvalue weighted by Gasteiger charge is 2.33. The fourth-order valence-corrected chi connectivity index (χ4v) is 2.60. The van der Waals surface area contributed by atoms with Gasteiger partial charge in [0.1, 0.15) is 0 Å². The molecule has 15 heavy (non-hydrogen) atoms. The number of hydrogen-bond donors (Lipinski definition) is 0. The maximum Gasteiger partial charge on any atom is 0.0658 e. The number of ether oxygens (including phenoxy) is 1. The van der Waals surface area contributed by atoms with E-state index in [1.165, 1.54) is 25.7 Å². The van der Waals surface area contributed by atoms with Crippen LogP contribution in [0.25, 0.3) is 0 Å². The predicted molar refractivity (Wildman–Crippen MR) is 66.0 cm³/mol. The summed E-state index contributed by atoms with van der Waals surface area (Å²) in [5.41, 5.74) is 0.167. The fraction of sp³-hybridized carbons (Fsp3) is 1.00. The van der Waals surface area contributed by atoms with Gasteiger partial charge in [-0.1, -0.05) is 20.8 Å². The highest BCUT2D eigenvalue weighted by Crippen LogP contribution is 2.38. The van der Waals surface area contributed by atoms with Crippen molar-refractivity contribution in [2.45, 2.75) is 78.4 Å². The molecule has 1 nitrogen and oxygen atoms in total. The third-order valence-corrected chi connectivity index (χ3v) is 4.09. The largest absolute Gasteiger partial charge is 0.372 e. The van der Waals surface area contributed by atoms with Crippen molar-refractivity contribution in [3.05, 3.63) is 0 Å². The normalized spacial score (nSPS) is 34.4. The molecule has 1 aliphatic rings. The molecule has 1 aliphatic carbocycles. The Morgan fingerprint density at radius 1 is 1.20 bits per heavy atom. The molecule has 0 amide bonds. The molecule has 1 unspecified atom stereocenters. The second-order valence-corrected chi connectivity index (χ2v) is 5.87. The Hall–Kier alpha value is -0.0400. The summed E-state index contributed by atoms with van der Waals surface area (Å²) in [5, 5.41) is 0. The van der Waals surface area contributed by atoms with Crippen molar-refractivity contribution in [1.82, 2.24) is 0 Å². The molecule has 0 spiro atoms. The van der Waals surface area contributed by atoms with Gasteiger partial charge in [0.2, 0.25) is 0 Å². The minimum Gasteiger partial charge on any atom is -0.372 e. The number of rotatable bonds is 4. The van der Waals surface area contributed by atoms with E-state index in [0.717, 1.165) is 18.3 Å². The first-order chi connectivity index (χ1) is 6.97. The van der Waals surface area contributed by atoms with Crippen LogP contribution in [0.4, 0.5) is 0 Å². The van der Waals surface area contributed by atoms with E-state index in [4.69, 9.17) is 4.74 Å². The lowest BCUT2D eigenvalue weighted by molar-refractivity contribution is -0.105. The summed E-state index contributed by atoms with van der Waals surface area (Å²) in [4.78, 5) is 0. The van der Waals surface area contributed by atoms with Crippen LogP contribution in [0.3, 0.4) is 0 Å². The maximum atomic E-state index is 6.16. The van der Waals surface area contributed by atoms with Crippen molar-refractivity contribution < 1.29 is 4.74 Å². The maximum absolute atomic E-state index is 6.16. The van der Waals surface area contributed by atoms with Crippen LogP contribution in [0.2, 0.25) is 0 Å². The molecule has 1 atom stereocenters. The minimum atomic E-state index is 0.167. The van der Waals surface area contributed by atoms with Gasteiger partial charge in [0.15, 0.2) is 0 Å². The van der Waals surface area contributed by atoms with E-state index in [1.807, 2.05) is 0 Å². The first-order valence-electron chi connectivity index (χ1n) is 6.64. The zero-order valence-corrected chi connectivity index (χ0v) is 11.2. The molecule has 90 valence electrons. The number of hydrogen-bond acceptors (Lipinski definition) is 1. The molecule has 0 radical (unpaired) electrons.